The molecule has 1 aromatic heterocycles. The van der Waals surface area contributed by atoms with Crippen molar-refractivity contribution in [3.05, 3.63) is 12.4 Å². The molecule has 0 spiro atoms. The van der Waals surface area contributed by atoms with E-state index in [1.54, 1.807) is 30.8 Å². The fourth-order valence-electron chi connectivity index (χ4n) is 0.891. The Morgan fingerprint density at radius 2 is 2.36 bits per heavy atom. The van der Waals surface area contributed by atoms with E-state index in [1.165, 1.54) is 0 Å². The summed E-state index contributed by atoms with van der Waals surface area (Å²) in [6.45, 7) is 3.93. The number of aliphatic hydroxyl groups is 1. The number of imidazole rings is 1. The summed E-state index contributed by atoms with van der Waals surface area (Å²) in [7, 11) is 0. The Morgan fingerprint density at radius 3 is 2.73 bits per heavy atom. The number of nitrogen functional groups attached to an aromatic ring is 1. The first kappa shape index (κ1) is 8.07. The van der Waals surface area contributed by atoms with Crippen molar-refractivity contribution < 1.29 is 5.11 Å². The molecule has 3 N–H and O–H groups in total. The summed E-state index contributed by atoms with van der Waals surface area (Å²) in [5.74, 6) is 0.437. The molecule has 0 aromatic carbocycles. The third-order valence-corrected chi connectivity index (χ3v) is 1.30. The zero-order valence-corrected chi connectivity index (χ0v) is 6.78. The van der Waals surface area contributed by atoms with Crippen LogP contribution in [0.25, 0.3) is 0 Å². The van der Waals surface area contributed by atoms with Gasteiger partial charge in [0.15, 0.2) is 5.95 Å². The Hall–Kier alpha value is -1.03. The molecule has 0 fully saturated rings. The normalized spacial score (nSPS) is 11.9. The van der Waals surface area contributed by atoms with Gasteiger partial charge >= 0.3 is 0 Å². The van der Waals surface area contributed by atoms with Gasteiger partial charge in [0.25, 0.3) is 0 Å². The summed E-state index contributed by atoms with van der Waals surface area (Å²) in [5.41, 5.74) is 4.75. The number of nitrogens with two attached hydrogens (primary N) is 1. The zero-order valence-electron chi connectivity index (χ0n) is 6.78. The van der Waals surface area contributed by atoms with E-state index in [2.05, 4.69) is 4.98 Å². The van der Waals surface area contributed by atoms with Gasteiger partial charge < -0.3 is 15.4 Å². The predicted octanol–water partition coefficient (Wildman–Crippen LogP) is 0.236. The van der Waals surface area contributed by atoms with Gasteiger partial charge in [0.1, 0.15) is 0 Å². The van der Waals surface area contributed by atoms with Gasteiger partial charge in [0.05, 0.1) is 12.1 Å². The van der Waals surface area contributed by atoms with E-state index in [0.29, 0.717) is 12.5 Å². The topological polar surface area (TPSA) is 64.1 Å². The highest BCUT2D eigenvalue weighted by atomic mass is 16.3. The molecule has 0 aliphatic rings. The second kappa shape index (κ2) is 2.54. The summed E-state index contributed by atoms with van der Waals surface area (Å²) >= 11 is 0. The van der Waals surface area contributed by atoms with Crippen LogP contribution in [0.5, 0.6) is 0 Å². The third-order valence-electron chi connectivity index (χ3n) is 1.30. The van der Waals surface area contributed by atoms with Crippen LogP contribution in [0.3, 0.4) is 0 Å². The quantitative estimate of drug-likeness (QED) is 0.642. The second-order valence-electron chi connectivity index (χ2n) is 3.23. The molecule has 4 heteroatoms. The minimum Gasteiger partial charge on any atom is -0.389 e. The number of nitrogens with zero attached hydrogens (tertiary/aromatic N) is 2. The van der Waals surface area contributed by atoms with E-state index in [9.17, 15) is 5.11 Å². The van der Waals surface area contributed by atoms with Crippen LogP contribution in [0.4, 0.5) is 5.95 Å². The molecule has 0 atom stereocenters. The van der Waals surface area contributed by atoms with Gasteiger partial charge in [-0.25, -0.2) is 4.98 Å². The van der Waals surface area contributed by atoms with Crippen molar-refractivity contribution in [1.82, 2.24) is 9.55 Å². The molecular formula is C7H13N3O. The first-order valence-corrected chi connectivity index (χ1v) is 3.48. The number of hydrogen-bond acceptors (Lipinski definition) is 3. The zero-order chi connectivity index (χ0) is 8.48. The van der Waals surface area contributed by atoms with Crippen molar-refractivity contribution in [2.45, 2.75) is 26.0 Å². The Bertz CT molecular complexity index is 236. The van der Waals surface area contributed by atoms with E-state index >= 15 is 0 Å². The Kier molecular flexibility index (Phi) is 1.87. The van der Waals surface area contributed by atoms with Crippen molar-refractivity contribution in [2.75, 3.05) is 5.73 Å². The Labute approximate surface area is 65.7 Å². The minimum absolute atomic E-state index is 0.437. The van der Waals surface area contributed by atoms with Gasteiger partial charge in [-0.15, -0.1) is 0 Å². The Morgan fingerprint density at radius 1 is 1.73 bits per heavy atom. The number of hydrogen-bond donors (Lipinski definition) is 2. The molecule has 0 bridgehead atoms. The van der Waals surface area contributed by atoms with E-state index in [0.717, 1.165) is 0 Å². The van der Waals surface area contributed by atoms with Crippen LogP contribution in [-0.2, 0) is 6.54 Å². The molecule has 0 radical (unpaired) electrons. The lowest BCUT2D eigenvalue weighted by atomic mass is 10.1. The molecule has 0 saturated carbocycles. The summed E-state index contributed by atoms with van der Waals surface area (Å²) < 4.78 is 1.71. The van der Waals surface area contributed by atoms with E-state index in [1.807, 2.05) is 0 Å². The molecule has 0 amide bonds. The van der Waals surface area contributed by atoms with Crippen LogP contribution in [0.1, 0.15) is 13.8 Å². The molecule has 4 nitrogen and oxygen atoms in total. The van der Waals surface area contributed by atoms with Gasteiger partial charge in [0.2, 0.25) is 0 Å². The predicted molar refractivity (Wildman–Crippen MR) is 42.9 cm³/mol. The summed E-state index contributed by atoms with van der Waals surface area (Å²) in [4.78, 5) is 3.83. The molecule has 0 aliphatic carbocycles. The summed E-state index contributed by atoms with van der Waals surface area (Å²) in [6.07, 6.45) is 3.36. The highest BCUT2D eigenvalue weighted by molar-refractivity contribution is 5.16. The molecule has 0 aliphatic heterocycles. The summed E-state index contributed by atoms with van der Waals surface area (Å²) in [5, 5.41) is 9.41. The van der Waals surface area contributed by atoms with Crippen LogP contribution in [0, 0.1) is 0 Å². The third kappa shape index (κ3) is 2.23. The molecule has 1 heterocycles. The lowest BCUT2D eigenvalue weighted by molar-refractivity contribution is 0.0621. The van der Waals surface area contributed by atoms with E-state index < -0.39 is 5.60 Å². The van der Waals surface area contributed by atoms with Gasteiger partial charge in [-0.2, -0.15) is 0 Å². The molecular weight excluding hydrogens is 142 g/mol. The minimum atomic E-state index is -0.741. The van der Waals surface area contributed by atoms with Crippen molar-refractivity contribution in [2.24, 2.45) is 0 Å². The van der Waals surface area contributed by atoms with Crippen LogP contribution in [0.15, 0.2) is 12.4 Å². The fourth-order valence-corrected chi connectivity index (χ4v) is 0.891. The summed E-state index contributed by atoms with van der Waals surface area (Å²) in [6, 6.07) is 0. The van der Waals surface area contributed by atoms with Gasteiger partial charge in [-0.05, 0) is 13.8 Å². The number of aromatic nitrogens is 2. The van der Waals surface area contributed by atoms with Crippen LogP contribution >= 0.6 is 0 Å². The highest BCUT2D eigenvalue weighted by Crippen LogP contribution is 2.08. The van der Waals surface area contributed by atoms with Crippen LogP contribution in [-0.4, -0.2) is 20.3 Å². The van der Waals surface area contributed by atoms with E-state index in [4.69, 9.17) is 5.73 Å². The first-order chi connectivity index (χ1) is 4.99. The molecule has 1 rings (SSSR count). The standard InChI is InChI=1S/C7H13N3O/c1-7(2,11)5-10-4-3-9-6(10)8/h3-4,11H,5H2,1-2H3,(H2,8,9). The van der Waals surface area contributed by atoms with Gasteiger partial charge in [-0.1, -0.05) is 0 Å². The van der Waals surface area contributed by atoms with Crippen molar-refractivity contribution in [3.63, 3.8) is 0 Å². The smallest absolute Gasteiger partial charge is 0.200 e. The Balaban J connectivity index is 2.72. The van der Waals surface area contributed by atoms with Crippen molar-refractivity contribution in [1.29, 1.82) is 0 Å². The maximum absolute atomic E-state index is 9.41. The number of rotatable bonds is 2. The van der Waals surface area contributed by atoms with Crippen LogP contribution < -0.4 is 5.73 Å². The fraction of sp³-hybridized carbons (Fsp3) is 0.571. The highest BCUT2D eigenvalue weighted by Gasteiger charge is 2.13. The monoisotopic (exact) mass is 155 g/mol. The largest absolute Gasteiger partial charge is 0.389 e. The second-order valence-corrected chi connectivity index (χ2v) is 3.23. The first-order valence-electron chi connectivity index (χ1n) is 3.48. The lowest BCUT2D eigenvalue weighted by Crippen LogP contribution is -2.26. The average molecular weight is 155 g/mol. The van der Waals surface area contributed by atoms with Crippen molar-refractivity contribution in [3.8, 4) is 0 Å². The van der Waals surface area contributed by atoms with Gasteiger partial charge in [-0.3, -0.25) is 0 Å². The molecule has 0 saturated heterocycles. The van der Waals surface area contributed by atoms with E-state index in [-0.39, 0.29) is 0 Å². The van der Waals surface area contributed by atoms with Crippen molar-refractivity contribution >= 4 is 5.95 Å². The molecule has 62 valence electrons. The maximum Gasteiger partial charge on any atom is 0.200 e. The maximum atomic E-state index is 9.41. The molecule has 1 aromatic rings. The van der Waals surface area contributed by atoms with Crippen LogP contribution in [0.2, 0.25) is 0 Å². The number of anilines is 1. The molecule has 0 unspecified atom stereocenters. The van der Waals surface area contributed by atoms with Gasteiger partial charge in [0, 0.05) is 12.4 Å². The molecule has 11 heavy (non-hydrogen) atoms. The lowest BCUT2D eigenvalue weighted by Gasteiger charge is -2.17. The average Bonchev–Trinajstić information content (AvgIpc) is 2.12. The SMILES string of the molecule is CC(C)(O)Cn1ccnc1N.